The van der Waals surface area contributed by atoms with Gasteiger partial charge in [0, 0.05) is 18.6 Å². The van der Waals surface area contributed by atoms with Crippen molar-refractivity contribution in [2.75, 3.05) is 7.05 Å². The molecule has 0 aliphatic rings. The zero-order valence-corrected chi connectivity index (χ0v) is 11.9. The van der Waals surface area contributed by atoms with Gasteiger partial charge < -0.3 is 4.90 Å². The lowest BCUT2D eigenvalue weighted by atomic mass is 10.1. The lowest BCUT2D eigenvalue weighted by Gasteiger charge is -2.18. The quantitative estimate of drug-likeness (QED) is 0.841. The molecule has 0 spiro atoms. The third-order valence-corrected chi connectivity index (χ3v) is 3.46. The second-order valence-electron chi connectivity index (χ2n) is 4.61. The highest BCUT2D eigenvalue weighted by molar-refractivity contribution is 6.31. The highest BCUT2D eigenvalue weighted by Crippen LogP contribution is 2.17. The molecule has 104 valence electrons. The zero-order valence-electron chi connectivity index (χ0n) is 11.1. The highest BCUT2D eigenvalue weighted by atomic mass is 35.5. The van der Waals surface area contributed by atoms with Crippen molar-refractivity contribution >= 4 is 17.5 Å². The molecule has 0 atom stereocenters. The van der Waals surface area contributed by atoms with Crippen molar-refractivity contribution in [1.29, 1.82) is 0 Å². The molecule has 0 aliphatic carbocycles. The van der Waals surface area contributed by atoms with Crippen LogP contribution in [-0.4, -0.2) is 17.9 Å². The van der Waals surface area contributed by atoms with E-state index >= 15 is 0 Å². The summed E-state index contributed by atoms with van der Waals surface area (Å²) in [7, 11) is 1.69. The van der Waals surface area contributed by atoms with Crippen molar-refractivity contribution in [3.63, 3.8) is 0 Å². The predicted molar refractivity (Wildman–Crippen MR) is 78.0 cm³/mol. The van der Waals surface area contributed by atoms with Gasteiger partial charge in [-0.05, 0) is 23.3 Å². The van der Waals surface area contributed by atoms with Gasteiger partial charge in [-0.2, -0.15) is 0 Å². The first-order chi connectivity index (χ1) is 9.58. The monoisotopic (exact) mass is 291 g/mol. The first-order valence-electron chi connectivity index (χ1n) is 6.28. The van der Waals surface area contributed by atoms with Gasteiger partial charge in [0.15, 0.2) is 0 Å². The van der Waals surface area contributed by atoms with E-state index in [1.54, 1.807) is 36.2 Å². The van der Waals surface area contributed by atoms with E-state index in [4.69, 9.17) is 11.6 Å². The molecule has 0 unspecified atom stereocenters. The van der Waals surface area contributed by atoms with Crippen LogP contribution in [0.25, 0.3) is 0 Å². The second kappa shape index (κ2) is 6.53. The number of amides is 1. The Morgan fingerprint density at radius 1 is 1.10 bits per heavy atom. The smallest absolute Gasteiger partial charge is 0.227 e. The Morgan fingerprint density at radius 3 is 2.35 bits per heavy atom. The van der Waals surface area contributed by atoms with Crippen molar-refractivity contribution in [2.45, 2.75) is 13.0 Å². The third-order valence-electron chi connectivity index (χ3n) is 3.09. The summed E-state index contributed by atoms with van der Waals surface area (Å²) in [5, 5.41) is 0.623. The van der Waals surface area contributed by atoms with E-state index in [1.165, 1.54) is 6.07 Å². The number of likely N-dealkylation sites (N-methyl/N-ethyl adjacent to an activating group) is 1. The first-order valence-corrected chi connectivity index (χ1v) is 6.66. The van der Waals surface area contributed by atoms with Crippen LogP contribution in [0.3, 0.4) is 0 Å². The van der Waals surface area contributed by atoms with Crippen molar-refractivity contribution < 1.29 is 9.18 Å². The summed E-state index contributed by atoms with van der Waals surface area (Å²) in [6.45, 7) is 0.410. The van der Waals surface area contributed by atoms with Crippen LogP contribution < -0.4 is 0 Å². The summed E-state index contributed by atoms with van der Waals surface area (Å²) in [5.41, 5.74) is 1.28. The molecule has 2 aromatic carbocycles. The average molecular weight is 292 g/mol. The molecular weight excluding hydrogens is 277 g/mol. The van der Waals surface area contributed by atoms with Crippen LogP contribution in [-0.2, 0) is 17.8 Å². The van der Waals surface area contributed by atoms with E-state index < -0.39 is 0 Å². The van der Waals surface area contributed by atoms with Crippen molar-refractivity contribution in [1.82, 2.24) is 4.90 Å². The van der Waals surface area contributed by atoms with Gasteiger partial charge in [-0.3, -0.25) is 4.79 Å². The number of carbonyl (C=O) groups excluding carboxylic acids is 1. The number of carbonyl (C=O) groups is 1. The maximum absolute atomic E-state index is 13.5. The maximum atomic E-state index is 13.5. The molecule has 0 radical (unpaired) electrons. The van der Waals surface area contributed by atoms with Crippen LogP contribution in [0.2, 0.25) is 5.02 Å². The highest BCUT2D eigenvalue weighted by Gasteiger charge is 2.13. The number of hydrogen-bond acceptors (Lipinski definition) is 1. The summed E-state index contributed by atoms with van der Waals surface area (Å²) < 4.78 is 13.5. The predicted octanol–water partition coefficient (Wildman–Crippen LogP) is 3.68. The van der Waals surface area contributed by atoms with Gasteiger partial charge in [-0.1, -0.05) is 48.0 Å². The molecule has 0 saturated heterocycles. The molecule has 0 bridgehead atoms. The summed E-state index contributed by atoms with van der Waals surface area (Å²) in [4.78, 5) is 13.6. The average Bonchev–Trinajstić information content (AvgIpc) is 2.43. The van der Waals surface area contributed by atoms with E-state index in [0.717, 1.165) is 5.56 Å². The van der Waals surface area contributed by atoms with Crippen molar-refractivity contribution in [3.05, 3.63) is 70.5 Å². The van der Waals surface area contributed by atoms with Crippen LogP contribution >= 0.6 is 11.6 Å². The van der Waals surface area contributed by atoms with Crippen LogP contribution in [0.5, 0.6) is 0 Å². The molecule has 0 N–H and O–H groups in total. The Hall–Kier alpha value is -1.87. The number of hydrogen-bond donors (Lipinski definition) is 0. The molecule has 20 heavy (non-hydrogen) atoms. The van der Waals surface area contributed by atoms with Gasteiger partial charge in [0.1, 0.15) is 5.82 Å². The zero-order chi connectivity index (χ0) is 14.5. The fraction of sp³-hybridized carbons (Fsp3) is 0.188. The fourth-order valence-corrected chi connectivity index (χ4v) is 2.11. The van der Waals surface area contributed by atoms with Crippen molar-refractivity contribution in [3.8, 4) is 0 Å². The SMILES string of the molecule is CN(Cc1ccccc1Cl)C(=O)Cc1ccccc1F. The van der Waals surface area contributed by atoms with Gasteiger partial charge in [-0.25, -0.2) is 4.39 Å². The lowest BCUT2D eigenvalue weighted by Crippen LogP contribution is -2.28. The summed E-state index contributed by atoms with van der Waals surface area (Å²) in [6, 6.07) is 13.7. The van der Waals surface area contributed by atoms with E-state index in [1.807, 2.05) is 18.2 Å². The minimum absolute atomic E-state index is 0.0492. The van der Waals surface area contributed by atoms with Gasteiger partial charge in [0.25, 0.3) is 0 Å². The maximum Gasteiger partial charge on any atom is 0.227 e. The molecule has 2 nitrogen and oxygen atoms in total. The number of benzene rings is 2. The van der Waals surface area contributed by atoms with E-state index in [0.29, 0.717) is 17.1 Å². The molecule has 1 amide bonds. The van der Waals surface area contributed by atoms with E-state index in [2.05, 4.69) is 0 Å². The van der Waals surface area contributed by atoms with E-state index in [-0.39, 0.29) is 18.1 Å². The summed E-state index contributed by atoms with van der Waals surface area (Å²) in [5.74, 6) is -0.498. The summed E-state index contributed by atoms with van der Waals surface area (Å²) >= 11 is 6.06. The normalized spacial score (nSPS) is 10.3. The van der Waals surface area contributed by atoms with Crippen LogP contribution in [0.1, 0.15) is 11.1 Å². The molecule has 0 aromatic heterocycles. The first kappa shape index (κ1) is 14.5. The molecule has 0 heterocycles. The Bertz CT molecular complexity index is 615. The Balaban J connectivity index is 2.03. The molecule has 0 fully saturated rings. The molecule has 4 heteroatoms. The number of rotatable bonds is 4. The van der Waals surface area contributed by atoms with Crippen LogP contribution in [0, 0.1) is 5.82 Å². The minimum atomic E-state index is -0.355. The molecule has 2 aromatic rings. The third kappa shape index (κ3) is 3.58. The van der Waals surface area contributed by atoms with Gasteiger partial charge in [0.2, 0.25) is 5.91 Å². The molecule has 0 aliphatic heterocycles. The lowest BCUT2D eigenvalue weighted by molar-refractivity contribution is -0.129. The van der Waals surface area contributed by atoms with Crippen LogP contribution in [0.15, 0.2) is 48.5 Å². The molecular formula is C16H15ClFNO. The summed E-state index contributed by atoms with van der Waals surface area (Å²) in [6.07, 6.45) is 0.0492. The second-order valence-corrected chi connectivity index (χ2v) is 5.02. The Labute approximate surface area is 122 Å². The molecule has 2 rings (SSSR count). The number of nitrogens with zero attached hydrogens (tertiary/aromatic N) is 1. The molecule has 0 saturated carbocycles. The van der Waals surface area contributed by atoms with Gasteiger partial charge >= 0.3 is 0 Å². The Morgan fingerprint density at radius 2 is 1.70 bits per heavy atom. The van der Waals surface area contributed by atoms with E-state index in [9.17, 15) is 9.18 Å². The van der Waals surface area contributed by atoms with Crippen molar-refractivity contribution in [2.24, 2.45) is 0 Å². The topological polar surface area (TPSA) is 20.3 Å². The van der Waals surface area contributed by atoms with Gasteiger partial charge in [-0.15, -0.1) is 0 Å². The van der Waals surface area contributed by atoms with Crippen LogP contribution in [0.4, 0.5) is 4.39 Å². The largest absolute Gasteiger partial charge is 0.341 e. The van der Waals surface area contributed by atoms with Gasteiger partial charge in [0.05, 0.1) is 6.42 Å². The minimum Gasteiger partial charge on any atom is -0.341 e. The number of halogens is 2. The Kier molecular flexibility index (Phi) is 4.74. The fourth-order valence-electron chi connectivity index (χ4n) is 1.91. The standard InChI is InChI=1S/C16H15ClFNO/c1-19(11-13-7-2-4-8-14(13)17)16(20)10-12-6-3-5-9-15(12)18/h2-9H,10-11H2,1H3.